The average Bonchev–Trinajstić information content (AvgIpc) is 2.89. The number of carbonyl (C=O) groups excluding carboxylic acids is 1. The van der Waals surface area contributed by atoms with Crippen molar-refractivity contribution in [1.82, 2.24) is 19.1 Å². The minimum Gasteiger partial charge on any atom is -0.481 e. The second-order valence-corrected chi connectivity index (χ2v) is 5.70. The largest absolute Gasteiger partial charge is 0.481 e. The van der Waals surface area contributed by atoms with Crippen LogP contribution in [0.5, 0.6) is 0 Å². The molecule has 122 valence electrons. The number of aliphatic carboxylic acids is 1. The molecule has 2 aromatic rings. The van der Waals surface area contributed by atoms with Crippen molar-refractivity contribution in [1.29, 1.82) is 0 Å². The molecule has 0 bridgehead atoms. The molecule has 0 radical (unpaired) electrons. The molecule has 2 aromatic heterocycles. The molecule has 0 aromatic carbocycles. The highest BCUT2D eigenvalue weighted by atomic mass is 16.4. The molecule has 1 fully saturated rings. The fourth-order valence-electron chi connectivity index (χ4n) is 2.88. The minimum absolute atomic E-state index is 0.135. The lowest BCUT2D eigenvalue weighted by Crippen LogP contribution is -2.42. The maximum atomic E-state index is 12.2. The van der Waals surface area contributed by atoms with Gasteiger partial charge in [-0.3, -0.25) is 14.0 Å². The van der Waals surface area contributed by atoms with Crippen molar-refractivity contribution in [2.45, 2.75) is 25.8 Å². The predicted octanol–water partition coefficient (Wildman–Crippen LogP) is 0.209. The van der Waals surface area contributed by atoms with Crippen molar-refractivity contribution < 1.29 is 14.7 Å². The van der Waals surface area contributed by atoms with Gasteiger partial charge in [-0.2, -0.15) is 0 Å². The number of amides is 1. The Kier molecular flexibility index (Phi) is 4.14. The Balaban J connectivity index is 1.65. The van der Waals surface area contributed by atoms with Gasteiger partial charge in [-0.15, -0.1) is 5.10 Å². The molecule has 1 amide bonds. The lowest BCUT2D eigenvalue weighted by atomic mass is 9.98. The number of rotatable bonds is 4. The molecule has 1 aliphatic rings. The maximum Gasteiger partial charge on any atom is 0.350 e. The van der Waals surface area contributed by atoms with Gasteiger partial charge in [0.15, 0.2) is 5.65 Å². The van der Waals surface area contributed by atoms with Gasteiger partial charge < -0.3 is 10.0 Å². The third-order valence-electron chi connectivity index (χ3n) is 4.15. The predicted molar refractivity (Wildman–Crippen MR) is 81.0 cm³/mol. The van der Waals surface area contributed by atoms with E-state index in [9.17, 15) is 14.4 Å². The van der Waals surface area contributed by atoms with E-state index in [1.54, 1.807) is 29.3 Å². The van der Waals surface area contributed by atoms with Gasteiger partial charge in [-0.05, 0) is 25.0 Å². The average molecular weight is 318 g/mol. The van der Waals surface area contributed by atoms with Crippen LogP contribution in [0.4, 0.5) is 0 Å². The monoisotopic (exact) mass is 318 g/mol. The van der Waals surface area contributed by atoms with Crippen molar-refractivity contribution in [2.75, 3.05) is 13.1 Å². The number of hydrogen-bond donors (Lipinski definition) is 1. The van der Waals surface area contributed by atoms with Crippen LogP contribution in [0.2, 0.25) is 0 Å². The number of aryl methyl sites for hydroxylation is 1. The summed E-state index contributed by atoms with van der Waals surface area (Å²) in [5, 5.41) is 13.2. The van der Waals surface area contributed by atoms with Crippen molar-refractivity contribution in [3.63, 3.8) is 0 Å². The van der Waals surface area contributed by atoms with E-state index in [2.05, 4.69) is 5.10 Å². The van der Waals surface area contributed by atoms with E-state index in [1.165, 1.54) is 9.08 Å². The number of hydrogen-bond acceptors (Lipinski definition) is 4. The van der Waals surface area contributed by atoms with E-state index in [0.29, 0.717) is 25.0 Å². The highest BCUT2D eigenvalue weighted by Crippen LogP contribution is 2.17. The van der Waals surface area contributed by atoms with Crippen molar-refractivity contribution in [2.24, 2.45) is 5.92 Å². The van der Waals surface area contributed by atoms with Crippen LogP contribution >= 0.6 is 0 Å². The molecule has 8 heteroatoms. The Morgan fingerprint density at radius 3 is 2.91 bits per heavy atom. The van der Waals surface area contributed by atoms with E-state index >= 15 is 0 Å². The second-order valence-electron chi connectivity index (χ2n) is 5.70. The van der Waals surface area contributed by atoms with E-state index < -0.39 is 11.9 Å². The van der Waals surface area contributed by atoms with Crippen LogP contribution < -0.4 is 5.69 Å². The number of pyridine rings is 1. The van der Waals surface area contributed by atoms with E-state index in [0.717, 1.165) is 0 Å². The number of nitrogens with zero attached hydrogens (tertiary/aromatic N) is 4. The first-order valence-corrected chi connectivity index (χ1v) is 7.61. The summed E-state index contributed by atoms with van der Waals surface area (Å²) in [6, 6.07) is 5.25. The molecule has 1 N–H and O–H groups in total. The topological polar surface area (TPSA) is 96.9 Å². The quantitative estimate of drug-likeness (QED) is 0.869. The zero-order valence-corrected chi connectivity index (χ0v) is 12.6. The van der Waals surface area contributed by atoms with Gasteiger partial charge in [-0.25, -0.2) is 9.48 Å². The third-order valence-corrected chi connectivity index (χ3v) is 4.15. The first-order chi connectivity index (χ1) is 11.1. The fourth-order valence-corrected chi connectivity index (χ4v) is 2.88. The zero-order chi connectivity index (χ0) is 16.4. The van der Waals surface area contributed by atoms with Gasteiger partial charge in [0, 0.05) is 25.7 Å². The Bertz CT molecular complexity index is 794. The summed E-state index contributed by atoms with van der Waals surface area (Å²) in [4.78, 5) is 37.0. The van der Waals surface area contributed by atoms with Crippen LogP contribution in [0.1, 0.15) is 19.3 Å². The van der Waals surface area contributed by atoms with Crippen molar-refractivity contribution >= 4 is 17.5 Å². The minimum atomic E-state index is -0.862. The SMILES string of the molecule is O=C(O)C1CCCN(C(=O)CCn2nc3ccccn3c2=O)C1. The summed E-state index contributed by atoms with van der Waals surface area (Å²) < 4.78 is 2.69. The number of carboxylic acid groups (broad SMARTS) is 1. The first-order valence-electron chi connectivity index (χ1n) is 7.61. The van der Waals surface area contributed by atoms with Gasteiger partial charge in [0.05, 0.1) is 12.5 Å². The van der Waals surface area contributed by atoms with Gasteiger partial charge >= 0.3 is 11.7 Å². The smallest absolute Gasteiger partial charge is 0.350 e. The van der Waals surface area contributed by atoms with Gasteiger partial charge in [0.25, 0.3) is 0 Å². The van der Waals surface area contributed by atoms with Crippen LogP contribution in [-0.2, 0) is 16.1 Å². The van der Waals surface area contributed by atoms with Crippen LogP contribution in [-0.4, -0.2) is 49.2 Å². The van der Waals surface area contributed by atoms with Gasteiger partial charge in [-0.1, -0.05) is 6.07 Å². The molecule has 0 spiro atoms. The van der Waals surface area contributed by atoms with Crippen molar-refractivity contribution in [3.05, 3.63) is 34.9 Å². The molecule has 0 saturated carbocycles. The zero-order valence-electron chi connectivity index (χ0n) is 12.6. The normalized spacial score (nSPS) is 18.3. The van der Waals surface area contributed by atoms with Gasteiger partial charge in [0.2, 0.25) is 5.91 Å². The van der Waals surface area contributed by atoms with E-state index in [4.69, 9.17) is 5.11 Å². The number of aromatic nitrogens is 3. The van der Waals surface area contributed by atoms with Crippen LogP contribution in [0, 0.1) is 5.92 Å². The molecule has 3 heterocycles. The summed E-state index contributed by atoms with van der Waals surface area (Å²) in [5.74, 6) is -1.50. The number of likely N-dealkylation sites (tertiary alicyclic amines) is 1. The summed E-state index contributed by atoms with van der Waals surface area (Å²) in [6.07, 6.45) is 3.06. The Hall–Kier alpha value is -2.64. The first kappa shape index (κ1) is 15.3. The molecule has 1 unspecified atom stereocenters. The summed E-state index contributed by atoms with van der Waals surface area (Å²) in [7, 11) is 0. The van der Waals surface area contributed by atoms with Crippen LogP contribution in [0.25, 0.3) is 5.65 Å². The highest BCUT2D eigenvalue weighted by molar-refractivity contribution is 5.78. The number of carbonyl (C=O) groups is 2. The lowest BCUT2D eigenvalue weighted by molar-refractivity contribution is -0.145. The highest BCUT2D eigenvalue weighted by Gasteiger charge is 2.27. The summed E-state index contributed by atoms with van der Waals surface area (Å²) in [5.41, 5.74) is 0.254. The molecule has 8 nitrogen and oxygen atoms in total. The lowest BCUT2D eigenvalue weighted by Gasteiger charge is -2.30. The molecule has 1 atom stereocenters. The number of carboxylic acids is 1. The molecule has 23 heavy (non-hydrogen) atoms. The van der Waals surface area contributed by atoms with Crippen LogP contribution in [0.3, 0.4) is 0 Å². The summed E-state index contributed by atoms with van der Waals surface area (Å²) >= 11 is 0. The molecule has 1 aliphatic heterocycles. The molecular weight excluding hydrogens is 300 g/mol. The fraction of sp³-hybridized carbons (Fsp3) is 0.467. The molecule has 3 rings (SSSR count). The standard InChI is InChI=1S/C15H18N4O4/c20-13(17-7-3-4-11(10-17)14(21)22)6-9-19-15(23)18-8-2-1-5-12(18)16-19/h1-2,5,8,11H,3-4,6-7,9-10H2,(H,21,22). The Labute approximate surface area is 131 Å². The molecular formula is C15H18N4O4. The van der Waals surface area contributed by atoms with Crippen LogP contribution in [0.15, 0.2) is 29.2 Å². The molecule has 0 aliphatic carbocycles. The maximum absolute atomic E-state index is 12.2. The third kappa shape index (κ3) is 3.10. The second kappa shape index (κ2) is 6.23. The number of piperidine rings is 1. The number of fused-ring (bicyclic) bond motifs is 1. The van der Waals surface area contributed by atoms with Gasteiger partial charge in [0.1, 0.15) is 0 Å². The summed E-state index contributed by atoms with van der Waals surface area (Å²) in [6.45, 7) is 1.00. The Morgan fingerprint density at radius 1 is 1.35 bits per heavy atom. The van der Waals surface area contributed by atoms with E-state index in [1.807, 2.05) is 0 Å². The molecule has 1 saturated heterocycles. The van der Waals surface area contributed by atoms with E-state index in [-0.39, 0.29) is 31.1 Å². The Morgan fingerprint density at radius 2 is 2.17 bits per heavy atom. The van der Waals surface area contributed by atoms with Crippen molar-refractivity contribution in [3.8, 4) is 0 Å².